The number of benzene rings is 1. The van der Waals surface area contributed by atoms with Crippen molar-refractivity contribution >= 4 is 10.0 Å². The van der Waals surface area contributed by atoms with Gasteiger partial charge in [-0.3, -0.25) is 0 Å². The van der Waals surface area contributed by atoms with Crippen molar-refractivity contribution in [1.29, 1.82) is 0 Å². The van der Waals surface area contributed by atoms with Gasteiger partial charge in [0.05, 0.1) is 7.11 Å². The van der Waals surface area contributed by atoms with Crippen molar-refractivity contribution in [2.24, 2.45) is 0 Å². The van der Waals surface area contributed by atoms with Crippen molar-refractivity contribution in [3.8, 4) is 5.75 Å². The van der Waals surface area contributed by atoms with Crippen LogP contribution in [0.15, 0.2) is 23.1 Å². The fourth-order valence-electron chi connectivity index (χ4n) is 1.48. The highest BCUT2D eigenvalue weighted by molar-refractivity contribution is 7.89. The number of hydrogen-bond donors (Lipinski definition) is 1. The van der Waals surface area contributed by atoms with Gasteiger partial charge in [0.1, 0.15) is 10.6 Å². The maximum atomic E-state index is 12.0. The molecule has 0 bridgehead atoms. The maximum Gasteiger partial charge on any atom is 0.244 e. The topological polar surface area (TPSA) is 55.4 Å². The summed E-state index contributed by atoms with van der Waals surface area (Å²) in [6, 6.07) is 5.18. The Bertz CT molecular complexity index is 492. The molecule has 4 nitrogen and oxygen atoms in total. The molecule has 88 valence electrons. The first-order valence-corrected chi connectivity index (χ1v) is 6.68. The minimum Gasteiger partial charge on any atom is -0.495 e. The van der Waals surface area contributed by atoms with E-state index in [1.165, 1.54) is 7.11 Å². The summed E-state index contributed by atoms with van der Waals surface area (Å²) in [6.45, 7) is 1.90. The Morgan fingerprint density at radius 1 is 1.38 bits per heavy atom. The van der Waals surface area contributed by atoms with E-state index in [-0.39, 0.29) is 10.9 Å². The quantitative estimate of drug-likeness (QED) is 0.868. The number of methoxy groups -OCH3 is 1. The average molecular weight is 241 g/mol. The number of rotatable bonds is 4. The summed E-state index contributed by atoms with van der Waals surface area (Å²) in [5.74, 6) is 0.396. The summed E-state index contributed by atoms with van der Waals surface area (Å²) in [5, 5.41) is 0. The van der Waals surface area contributed by atoms with E-state index in [4.69, 9.17) is 4.74 Å². The van der Waals surface area contributed by atoms with Crippen LogP contribution in [0.5, 0.6) is 5.75 Å². The molecule has 0 spiro atoms. The Hall–Kier alpha value is -1.07. The molecule has 1 saturated carbocycles. The highest BCUT2D eigenvalue weighted by Crippen LogP contribution is 2.27. The van der Waals surface area contributed by atoms with Gasteiger partial charge in [-0.1, -0.05) is 6.07 Å². The largest absolute Gasteiger partial charge is 0.495 e. The smallest absolute Gasteiger partial charge is 0.244 e. The Balaban J connectivity index is 2.37. The van der Waals surface area contributed by atoms with Gasteiger partial charge in [0.2, 0.25) is 10.0 Å². The number of ether oxygens (including phenoxy) is 1. The first kappa shape index (κ1) is 11.4. The number of aryl methyl sites for hydroxylation is 1. The summed E-state index contributed by atoms with van der Waals surface area (Å²) in [7, 11) is -1.95. The van der Waals surface area contributed by atoms with Gasteiger partial charge < -0.3 is 4.74 Å². The van der Waals surface area contributed by atoms with Gasteiger partial charge in [0.25, 0.3) is 0 Å². The van der Waals surface area contributed by atoms with Crippen LogP contribution in [-0.4, -0.2) is 21.6 Å². The van der Waals surface area contributed by atoms with Crippen LogP contribution in [-0.2, 0) is 10.0 Å². The van der Waals surface area contributed by atoms with Gasteiger partial charge in [-0.05, 0) is 37.5 Å². The molecule has 5 heteroatoms. The molecule has 0 aromatic heterocycles. The zero-order chi connectivity index (χ0) is 11.8. The van der Waals surface area contributed by atoms with Crippen LogP contribution in [0.25, 0.3) is 0 Å². The van der Waals surface area contributed by atoms with Crippen LogP contribution in [0.2, 0.25) is 0 Å². The molecule has 0 radical (unpaired) electrons. The molecule has 1 aliphatic carbocycles. The van der Waals surface area contributed by atoms with Crippen LogP contribution < -0.4 is 9.46 Å². The predicted octanol–water partition coefficient (Wildman–Crippen LogP) is 1.44. The Kier molecular flexibility index (Phi) is 2.90. The van der Waals surface area contributed by atoms with Gasteiger partial charge in [-0.15, -0.1) is 0 Å². The molecule has 1 aromatic carbocycles. The summed E-state index contributed by atoms with van der Waals surface area (Å²) in [6.07, 6.45) is 1.85. The minimum absolute atomic E-state index is 0.107. The van der Waals surface area contributed by atoms with Crippen LogP contribution in [0, 0.1) is 6.92 Å². The first-order chi connectivity index (χ1) is 7.53. The summed E-state index contributed by atoms with van der Waals surface area (Å²) in [5.41, 5.74) is 0.974. The van der Waals surface area contributed by atoms with E-state index in [1.54, 1.807) is 18.2 Å². The summed E-state index contributed by atoms with van der Waals surface area (Å²) in [4.78, 5) is 0.215. The van der Waals surface area contributed by atoms with E-state index in [9.17, 15) is 8.42 Å². The van der Waals surface area contributed by atoms with E-state index < -0.39 is 10.0 Å². The van der Waals surface area contributed by atoms with Crippen molar-refractivity contribution in [2.75, 3.05) is 7.11 Å². The highest BCUT2D eigenvalue weighted by Gasteiger charge is 2.29. The maximum absolute atomic E-state index is 12.0. The van der Waals surface area contributed by atoms with Gasteiger partial charge in [-0.2, -0.15) is 0 Å². The number of nitrogens with one attached hydrogen (secondary N) is 1. The molecule has 2 rings (SSSR count). The van der Waals surface area contributed by atoms with Crippen LogP contribution in [0.1, 0.15) is 18.4 Å². The van der Waals surface area contributed by atoms with Crippen LogP contribution in [0.3, 0.4) is 0 Å². The highest BCUT2D eigenvalue weighted by atomic mass is 32.2. The molecule has 0 atom stereocenters. The molecular formula is C11H15NO3S. The second-order valence-corrected chi connectivity index (χ2v) is 5.73. The second-order valence-electron chi connectivity index (χ2n) is 4.05. The standard InChI is InChI=1S/C11H15NO3S/c1-8-3-6-11(10(7-8)15-2)16(13,14)12-9-4-5-9/h3,6-7,9,12H,4-5H2,1-2H3. The van der Waals surface area contributed by atoms with E-state index in [2.05, 4.69) is 4.72 Å². The van der Waals surface area contributed by atoms with E-state index in [0.717, 1.165) is 18.4 Å². The van der Waals surface area contributed by atoms with Crippen molar-refractivity contribution in [2.45, 2.75) is 30.7 Å². The summed E-state index contributed by atoms with van der Waals surface area (Å²) >= 11 is 0. The van der Waals surface area contributed by atoms with Crippen molar-refractivity contribution in [3.63, 3.8) is 0 Å². The Morgan fingerprint density at radius 3 is 2.62 bits per heavy atom. The summed E-state index contributed by atoms with van der Waals surface area (Å²) < 4.78 is 31.7. The van der Waals surface area contributed by atoms with Gasteiger partial charge in [0.15, 0.2) is 0 Å². The van der Waals surface area contributed by atoms with Gasteiger partial charge in [0, 0.05) is 6.04 Å². The molecule has 0 saturated heterocycles. The third-order valence-corrected chi connectivity index (χ3v) is 4.07. The van der Waals surface area contributed by atoms with E-state index >= 15 is 0 Å². The second kappa shape index (κ2) is 4.07. The molecule has 1 N–H and O–H groups in total. The molecular weight excluding hydrogens is 226 g/mol. The SMILES string of the molecule is COc1cc(C)ccc1S(=O)(=O)NC1CC1. The van der Waals surface area contributed by atoms with Crippen molar-refractivity contribution < 1.29 is 13.2 Å². The normalized spacial score (nSPS) is 16.1. The monoisotopic (exact) mass is 241 g/mol. The lowest BCUT2D eigenvalue weighted by molar-refractivity contribution is 0.402. The molecule has 1 aromatic rings. The first-order valence-electron chi connectivity index (χ1n) is 5.20. The van der Waals surface area contributed by atoms with Gasteiger partial charge >= 0.3 is 0 Å². The Morgan fingerprint density at radius 2 is 2.06 bits per heavy atom. The van der Waals surface area contributed by atoms with Crippen LogP contribution >= 0.6 is 0 Å². The zero-order valence-corrected chi connectivity index (χ0v) is 10.2. The lowest BCUT2D eigenvalue weighted by Crippen LogP contribution is -2.26. The minimum atomic E-state index is -3.43. The fourth-order valence-corrected chi connectivity index (χ4v) is 2.94. The number of hydrogen-bond acceptors (Lipinski definition) is 3. The van der Waals surface area contributed by atoms with E-state index in [0.29, 0.717) is 5.75 Å². The molecule has 0 amide bonds. The molecule has 1 aliphatic rings. The van der Waals surface area contributed by atoms with Gasteiger partial charge in [-0.25, -0.2) is 13.1 Å². The number of sulfonamides is 1. The molecule has 0 heterocycles. The Labute approximate surface area is 95.7 Å². The van der Waals surface area contributed by atoms with Crippen LogP contribution in [0.4, 0.5) is 0 Å². The lowest BCUT2D eigenvalue weighted by atomic mass is 10.2. The lowest BCUT2D eigenvalue weighted by Gasteiger charge is -2.10. The van der Waals surface area contributed by atoms with Crippen molar-refractivity contribution in [3.05, 3.63) is 23.8 Å². The van der Waals surface area contributed by atoms with E-state index in [1.807, 2.05) is 6.92 Å². The molecule has 0 unspecified atom stereocenters. The zero-order valence-electron chi connectivity index (χ0n) is 9.36. The van der Waals surface area contributed by atoms with Crippen molar-refractivity contribution in [1.82, 2.24) is 4.72 Å². The molecule has 0 aliphatic heterocycles. The fraction of sp³-hybridized carbons (Fsp3) is 0.455. The predicted molar refractivity (Wildman–Crippen MR) is 61.1 cm³/mol. The molecule has 1 fully saturated rings. The average Bonchev–Trinajstić information content (AvgIpc) is 3.00. The third-order valence-electron chi connectivity index (χ3n) is 2.51. The molecule has 16 heavy (non-hydrogen) atoms. The third kappa shape index (κ3) is 2.36.